The molecule has 0 aromatic rings. The van der Waals surface area contributed by atoms with Gasteiger partial charge in [-0.2, -0.15) is 0 Å². The highest BCUT2D eigenvalue weighted by atomic mass is 32.2. The first-order chi connectivity index (χ1) is 7.78. The monoisotopic (exact) mass is 258 g/mol. The number of thioether (sulfide) groups is 1. The Bertz CT molecular complexity index is 286. The van der Waals surface area contributed by atoms with E-state index >= 15 is 0 Å². The van der Waals surface area contributed by atoms with Crippen LogP contribution < -0.4 is 0 Å². The van der Waals surface area contributed by atoms with Crippen LogP contribution in [0.5, 0.6) is 0 Å². The van der Waals surface area contributed by atoms with Gasteiger partial charge in [0.2, 0.25) is 0 Å². The number of ether oxygens (including phenoxy) is 1. The van der Waals surface area contributed by atoms with Crippen LogP contribution in [0.1, 0.15) is 53.4 Å². The van der Waals surface area contributed by atoms with E-state index < -0.39 is 5.60 Å². The third kappa shape index (κ3) is 5.57. The Morgan fingerprint density at radius 3 is 2.06 bits per heavy atom. The lowest BCUT2D eigenvalue weighted by molar-refractivity contribution is -0.161. The zero-order valence-electron chi connectivity index (χ0n) is 11.1. The third-order valence-electron chi connectivity index (χ3n) is 2.75. The molecule has 0 N–H and O–H groups in total. The van der Waals surface area contributed by atoms with Gasteiger partial charge < -0.3 is 4.74 Å². The first kappa shape index (κ1) is 14.6. The molecule has 1 saturated carbocycles. The average molecular weight is 258 g/mol. The lowest BCUT2D eigenvalue weighted by Gasteiger charge is -2.29. The van der Waals surface area contributed by atoms with Gasteiger partial charge in [0.15, 0.2) is 5.12 Å². The predicted molar refractivity (Wildman–Crippen MR) is 69.9 cm³/mol. The Morgan fingerprint density at radius 1 is 1.12 bits per heavy atom. The summed E-state index contributed by atoms with van der Waals surface area (Å²) in [5.41, 5.74) is -0.401. The van der Waals surface area contributed by atoms with Crippen molar-refractivity contribution in [3.8, 4) is 0 Å². The molecule has 17 heavy (non-hydrogen) atoms. The molecule has 1 aliphatic carbocycles. The topological polar surface area (TPSA) is 43.4 Å². The van der Waals surface area contributed by atoms with Crippen LogP contribution in [0.15, 0.2) is 0 Å². The summed E-state index contributed by atoms with van der Waals surface area (Å²) in [6.07, 6.45) is 3.57. The predicted octanol–water partition coefficient (Wildman–Crippen LogP) is 3.17. The second-order valence-electron chi connectivity index (χ2n) is 5.62. The van der Waals surface area contributed by atoms with Crippen LogP contribution >= 0.6 is 11.8 Å². The van der Waals surface area contributed by atoms with Gasteiger partial charge in [0.05, 0.1) is 5.92 Å². The summed E-state index contributed by atoms with van der Waals surface area (Å²) in [4.78, 5) is 22.8. The van der Waals surface area contributed by atoms with E-state index in [1.807, 2.05) is 20.8 Å². The largest absolute Gasteiger partial charge is 0.460 e. The summed E-state index contributed by atoms with van der Waals surface area (Å²) >= 11 is 1.41. The van der Waals surface area contributed by atoms with Crippen LogP contribution in [0.2, 0.25) is 0 Å². The molecule has 1 aliphatic rings. The number of hydrogen-bond donors (Lipinski definition) is 0. The number of esters is 1. The summed E-state index contributed by atoms with van der Waals surface area (Å²) in [5, 5.41) is 0.567. The number of carbonyl (C=O) groups is 2. The van der Waals surface area contributed by atoms with Crippen molar-refractivity contribution >= 4 is 22.8 Å². The molecule has 0 aromatic heterocycles. The Morgan fingerprint density at radius 2 is 1.65 bits per heavy atom. The maximum atomic E-state index is 11.8. The molecule has 0 bridgehead atoms. The maximum absolute atomic E-state index is 11.8. The Balaban J connectivity index is 2.36. The van der Waals surface area contributed by atoms with Gasteiger partial charge in [-0.05, 0) is 46.5 Å². The van der Waals surface area contributed by atoms with Crippen molar-refractivity contribution in [2.24, 2.45) is 5.92 Å². The van der Waals surface area contributed by atoms with E-state index in [-0.39, 0.29) is 17.0 Å². The summed E-state index contributed by atoms with van der Waals surface area (Å²) < 4.78 is 5.38. The highest BCUT2D eigenvalue weighted by Crippen LogP contribution is 2.33. The van der Waals surface area contributed by atoms with Crippen molar-refractivity contribution in [2.75, 3.05) is 0 Å². The fourth-order valence-electron chi connectivity index (χ4n) is 2.04. The van der Waals surface area contributed by atoms with Gasteiger partial charge in [0, 0.05) is 12.2 Å². The van der Waals surface area contributed by atoms with Gasteiger partial charge in [0.25, 0.3) is 0 Å². The summed E-state index contributed by atoms with van der Waals surface area (Å²) in [6, 6.07) is 0. The Labute approximate surface area is 108 Å². The molecule has 0 aromatic carbocycles. The average Bonchev–Trinajstić information content (AvgIpc) is 2.15. The van der Waals surface area contributed by atoms with E-state index in [0.717, 1.165) is 25.7 Å². The van der Waals surface area contributed by atoms with Gasteiger partial charge >= 0.3 is 5.97 Å². The van der Waals surface area contributed by atoms with Crippen LogP contribution in [-0.4, -0.2) is 21.9 Å². The molecule has 1 fully saturated rings. The molecule has 0 amide bonds. The molecule has 4 heteroatoms. The molecule has 0 radical (unpaired) electrons. The molecule has 0 spiro atoms. The van der Waals surface area contributed by atoms with Crippen molar-refractivity contribution in [2.45, 2.75) is 64.2 Å². The van der Waals surface area contributed by atoms with Crippen LogP contribution in [0, 0.1) is 5.92 Å². The van der Waals surface area contributed by atoms with Gasteiger partial charge in [-0.3, -0.25) is 9.59 Å². The molecule has 0 heterocycles. The third-order valence-corrected chi connectivity index (χ3v) is 3.88. The smallest absolute Gasteiger partial charge is 0.309 e. The van der Waals surface area contributed by atoms with Crippen LogP contribution in [0.3, 0.4) is 0 Å². The fourth-order valence-corrected chi connectivity index (χ4v) is 3.01. The van der Waals surface area contributed by atoms with Crippen molar-refractivity contribution in [1.82, 2.24) is 0 Å². The molecule has 98 valence electrons. The van der Waals surface area contributed by atoms with E-state index in [4.69, 9.17) is 4.74 Å². The van der Waals surface area contributed by atoms with Gasteiger partial charge in [-0.15, -0.1) is 0 Å². The SMILES string of the molecule is CC(=O)SC1CCC(C(=O)OC(C)(C)C)CC1. The zero-order valence-corrected chi connectivity index (χ0v) is 11.9. The van der Waals surface area contributed by atoms with E-state index in [1.54, 1.807) is 6.92 Å². The molecule has 1 rings (SSSR count). The van der Waals surface area contributed by atoms with Gasteiger partial charge in [-0.25, -0.2) is 0 Å². The zero-order chi connectivity index (χ0) is 13.1. The second kappa shape index (κ2) is 5.89. The van der Waals surface area contributed by atoms with E-state index in [1.165, 1.54) is 11.8 Å². The first-order valence-corrected chi connectivity index (χ1v) is 7.06. The number of rotatable bonds is 2. The van der Waals surface area contributed by atoms with Crippen LogP contribution in [0.25, 0.3) is 0 Å². The molecular weight excluding hydrogens is 236 g/mol. The van der Waals surface area contributed by atoms with E-state index in [2.05, 4.69) is 0 Å². The highest BCUT2D eigenvalue weighted by Gasteiger charge is 2.30. The molecule has 0 unspecified atom stereocenters. The minimum Gasteiger partial charge on any atom is -0.460 e. The van der Waals surface area contributed by atoms with Crippen molar-refractivity contribution in [3.63, 3.8) is 0 Å². The van der Waals surface area contributed by atoms with Crippen LogP contribution in [0.4, 0.5) is 0 Å². The summed E-state index contributed by atoms with van der Waals surface area (Å²) in [6.45, 7) is 7.27. The summed E-state index contributed by atoms with van der Waals surface area (Å²) in [5.74, 6) is -0.0539. The van der Waals surface area contributed by atoms with Crippen molar-refractivity contribution < 1.29 is 14.3 Å². The number of hydrogen-bond acceptors (Lipinski definition) is 4. The quantitative estimate of drug-likeness (QED) is 0.714. The first-order valence-electron chi connectivity index (χ1n) is 6.18. The Hall–Kier alpha value is -0.510. The van der Waals surface area contributed by atoms with Crippen molar-refractivity contribution in [1.29, 1.82) is 0 Å². The van der Waals surface area contributed by atoms with Gasteiger partial charge in [-0.1, -0.05) is 11.8 Å². The highest BCUT2D eigenvalue weighted by molar-refractivity contribution is 8.14. The molecule has 0 saturated heterocycles. The van der Waals surface area contributed by atoms with Crippen LogP contribution in [-0.2, 0) is 14.3 Å². The fraction of sp³-hybridized carbons (Fsp3) is 0.846. The Kier molecular flexibility index (Phi) is 5.04. The summed E-state index contributed by atoms with van der Waals surface area (Å²) in [7, 11) is 0. The van der Waals surface area contributed by atoms with Crippen molar-refractivity contribution in [3.05, 3.63) is 0 Å². The lowest BCUT2D eigenvalue weighted by atomic mass is 9.89. The number of carbonyl (C=O) groups excluding carboxylic acids is 2. The standard InChI is InChI=1S/C13H22O3S/c1-9(14)17-11-7-5-10(6-8-11)12(15)16-13(2,3)4/h10-11H,5-8H2,1-4H3. The van der Waals surface area contributed by atoms with Gasteiger partial charge in [0.1, 0.15) is 5.60 Å². The minimum atomic E-state index is -0.401. The molecule has 0 aliphatic heterocycles. The second-order valence-corrected chi connectivity index (χ2v) is 7.09. The minimum absolute atomic E-state index is 0.0260. The lowest BCUT2D eigenvalue weighted by Crippen LogP contribution is -2.31. The maximum Gasteiger partial charge on any atom is 0.309 e. The normalized spacial score (nSPS) is 25.4. The van der Waals surface area contributed by atoms with E-state index in [9.17, 15) is 9.59 Å². The molecule has 0 atom stereocenters. The molecule has 3 nitrogen and oxygen atoms in total. The molecular formula is C13H22O3S. The van der Waals surface area contributed by atoms with E-state index in [0.29, 0.717) is 5.25 Å².